The van der Waals surface area contributed by atoms with Crippen molar-refractivity contribution >= 4 is 33.3 Å². The minimum Gasteiger partial charge on any atom is -0.455 e. The van der Waals surface area contributed by atoms with Gasteiger partial charge in [0.1, 0.15) is 0 Å². The number of rotatable bonds is 6. The Labute approximate surface area is 177 Å². The predicted molar refractivity (Wildman–Crippen MR) is 112 cm³/mol. The molecule has 0 spiro atoms. The standard InChI is InChI=1S/C21H28ClNO5S/c1-2-23(18-9-12-29(26,27)15-18)19(24)14-28-20(25)21(10-4-3-5-11-21)16-7-6-8-17(22)13-16/h6-8,13,18H,2-5,9-12,14-15H2,1H3. The summed E-state index contributed by atoms with van der Waals surface area (Å²) in [5.74, 6) is -0.672. The summed E-state index contributed by atoms with van der Waals surface area (Å²) in [5, 5.41) is 0.566. The van der Waals surface area contributed by atoms with E-state index in [1.165, 1.54) is 4.90 Å². The first kappa shape index (κ1) is 22.1. The van der Waals surface area contributed by atoms with Gasteiger partial charge < -0.3 is 9.64 Å². The van der Waals surface area contributed by atoms with Crippen LogP contribution in [0.1, 0.15) is 51.0 Å². The third kappa shape index (κ3) is 4.94. The van der Waals surface area contributed by atoms with Crippen LogP contribution in [0.2, 0.25) is 5.02 Å². The number of amides is 1. The Hall–Kier alpha value is -1.60. The lowest BCUT2D eigenvalue weighted by Crippen LogP contribution is -2.45. The first-order valence-corrected chi connectivity index (χ1v) is 12.4. The molecule has 6 nitrogen and oxygen atoms in total. The number of carbonyl (C=O) groups is 2. The number of carbonyl (C=O) groups excluding carboxylic acids is 2. The van der Waals surface area contributed by atoms with Crippen LogP contribution in [0, 0.1) is 0 Å². The molecule has 3 rings (SSSR count). The van der Waals surface area contributed by atoms with Gasteiger partial charge in [0.15, 0.2) is 16.4 Å². The largest absolute Gasteiger partial charge is 0.455 e. The van der Waals surface area contributed by atoms with Gasteiger partial charge in [-0.25, -0.2) is 8.42 Å². The first-order chi connectivity index (χ1) is 13.8. The van der Waals surface area contributed by atoms with Gasteiger partial charge in [-0.15, -0.1) is 0 Å². The van der Waals surface area contributed by atoms with Crippen molar-refractivity contribution in [1.82, 2.24) is 4.90 Å². The minimum atomic E-state index is -3.10. The van der Waals surface area contributed by atoms with Gasteiger partial charge in [0.05, 0.1) is 16.9 Å². The highest BCUT2D eigenvalue weighted by Gasteiger charge is 2.43. The second kappa shape index (κ2) is 9.04. The van der Waals surface area contributed by atoms with E-state index in [2.05, 4.69) is 0 Å². The summed E-state index contributed by atoms with van der Waals surface area (Å²) in [6.07, 6.45) is 4.65. The quantitative estimate of drug-likeness (QED) is 0.633. The summed E-state index contributed by atoms with van der Waals surface area (Å²) in [6.45, 7) is 1.82. The van der Waals surface area contributed by atoms with E-state index >= 15 is 0 Å². The molecule has 2 aliphatic rings. The molecule has 0 bridgehead atoms. The highest BCUT2D eigenvalue weighted by molar-refractivity contribution is 7.91. The van der Waals surface area contributed by atoms with E-state index in [4.69, 9.17) is 16.3 Å². The molecule has 0 radical (unpaired) electrons. The van der Waals surface area contributed by atoms with E-state index in [0.29, 0.717) is 30.8 Å². The van der Waals surface area contributed by atoms with Crippen LogP contribution in [-0.4, -0.2) is 55.9 Å². The lowest BCUT2D eigenvalue weighted by molar-refractivity contribution is -0.159. The Morgan fingerprint density at radius 1 is 1.24 bits per heavy atom. The van der Waals surface area contributed by atoms with E-state index in [1.807, 2.05) is 12.1 Å². The number of hydrogen-bond donors (Lipinski definition) is 0. The molecule has 1 unspecified atom stereocenters. The molecule has 0 N–H and O–H groups in total. The predicted octanol–water partition coefficient (Wildman–Crippen LogP) is 3.12. The maximum atomic E-state index is 13.1. The maximum Gasteiger partial charge on any atom is 0.317 e. The summed E-state index contributed by atoms with van der Waals surface area (Å²) in [6, 6.07) is 6.95. The molecule has 1 aliphatic heterocycles. The molecule has 1 saturated carbocycles. The summed E-state index contributed by atoms with van der Waals surface area (Å²) >= 11 is 6.15. The van der Waals surface area contributed by atoms with Crippen LogP contribution >= 0.6 is 11.6 Å². The molecule has 2 fully saturated rings. The molecule has 1 heterocycles. The van der Waals surface area contributed by atoms with Gasteiger partial charge in [-0.05, 0) is 43.9 Å². The van der Waals surface area contributed by atoms with Crippen LogP contribution in [0.15, 0.2) is 24.3 Å². The lowest BCUT2D eigenvalue weighted by Gasteiger charge is -2.35. The maximum absolute atomic E-state index is 13.1. The van der Waals surface area contributed by atoms with Crippen LogP contribution in [-0.2, 0) is 29.6 Å². The Balaban J connectivity index is 1.71. The third-order valence-corrected chi connectivity index (χ3v) is 8.10. The molecule has 1 saturated heterocycles. The van der Waals surface area contributed by atoms with Gasteiger partial charge >= 0.3 is 5.97 Å². The fourth-order valence-electron chi connectivity index (χ4n) is 4.56. The molecule has 1 aliphatic carbocycles. The van der Waals surface area contributed by atoms with Crippen molar-refractivity contribution < 1.29 is 22.7 Å². The van der Waals surface area contributed by atoms with Crippen molar-refractivity contribution in [1.29, 1.82) is 0 Å². The molecule has 160 valence electrons. The molecule has 1 amide bonds. The van der Waals surface area contributed by atoms with E-state index in [1.54, 1.807) is 19.1 Å². The average Bonchev–Trinajstić information content (AvgIpc) is 3.06. The van der Waals surface area contributed by atoms with Crippen molar-refractivity contribution in [2.45, 2.75) is 56.9 Å². The fraction of sp³-hybridized carbons (Fsp3) is 0.619. The molecule has 1 aromatic carbocycles. The van der Waals surface area contributed by atoms with Crippen LogP contribution in [0.5, 0.6) is 0 Å². The zero-order chi connectivity index (χ0) is 21.1. The molecule has 29 heavy (non-hydrogen) atoms. The van der Waals surface area contributed by atoms with Gasteiger partial charge in [0.2, 0.25) is 0 Å². The van der Waals surface area contributed by atoms with Gasteiger partial charge in [-0.2, -0.15) is 0 Å². The van der Waals surface area contributed by atoms with Crippen LogP contribution in [0.25, 0.3) is 0 Å². The number of halogens is 1. The van der Waals surface area contributed by atoms with Crippen molar-refractivity contribution in [3.8, 4) is 0 Å². The average molecular weight is 442 g/mol. The van der Waals surface area contributed by atoms with Crippen molar-refractivity contribution in [3.63, 3.8) is 0 Å². The monoisotopic (exact) mass is 441 g/mol. The van der Waals surface area contributed by atoms with E-state index in [9.17, 15) is 18.0 Å². The van der Waals surface area contributed by atoms with Crippen LogP contribution in [0.4, 0.5) is 0 Å². The number of esters is 1. The van der Waals surface area contributed by atoms with Crippen molar-refractivity contribution in [2.75, 3.05) is 24.7 Å². The number of ether oxygens (including phenoxy) is 1. The Morgan fingerprint density at radius 2 is 1.97 bits per heavy atom. The molecule has 1 aromatic rings. The number of hydrogen-bond acceptors (Lipinski definition) is 5. The second-order valence-corrected chi connectivity index (χ2v) is 10.6. The summed E-state index contributed by atoms with van der Waals surface area (Å²) in [7, 11) is -3.10. The summed E-state index contributed by atoms with van der Waals surface area (Å²) in [4.78, 5) is 27.3. The van der Waals surface area contributed by atoms with E-state index < -0.39 is 21.2 Å². The first-order valence-electron chi connectivity index (χ1n) is 10.2. The van der Waals surface area contributed by atoms with Crippen LogP contribution in [0.3, 0.4) is 0 Å². The summed E-state index contributed by atoms with van der Waals surface area (Å²) in [5.41, 5.74) is 0.0494. The summed E-state index contributed by atoms with van der Waals surface area (Å²) < 4.78 is 29.0. The lowest BCUT2D eigenvalue weighted by atomic mass is 9.69. The Bertz CT molecular complexity index is 864. The normalized spacial score (nSPS) is 22.8. The van der Waals surface area contributed by atoms with Crippen molar-refractivity contribution in [2.24, 2.45) is 0 Å². The smallest absolute Gasteiger partial charge is 0.317 e. The highest BCUT2D eigenvalue weighted by Crippen LogP contribution is 2.41. The Morgan fingerprint density at radius 3 is 2.55 bits per heavy atom. The number of benzene rings is 1. The fourth-order valence-corrected chi connectivity index (χ4v) is 6.48. The van der Waals surface area contributed by atoms with Crippen molar-refractivity contribution in [3.05, 3.63) is 34.9 Å². The third-order valence-electron chi connectivity index (χ3n) is 6.11. The van der Waals surface area contributed by atoms with Gasteiger partial charge in [0.25, 0.3) is 5.91 Å². The highest BCUT2D eigenvalue weighted by atomic mass is 35.5. The number of nitrogens with zero attached hydrogens (tertiary/aromatic N) is 1. The topological polar surface area (TPSA) is 80.8 Å². The Kier molecular flexibility index (Phi) is 6.89. The molecule has 1 atom stereocenters. The molecular formula is C21H28ClNO5S. The molecule has 8 heteroatoms. The number of sulfone groups is 1. The van der Waals surface area contributed by atoms with Gasteiger partial charge in [0, 0.05) is 17.6 Å². The van der Waals surface area contributed by atoms with Crippen LogP contribution < -0.4 is 0 Å². The zero-order valence-electron chi connectivity index (χ0n) is 16.7. The van der Waals surface area contributed by atoms with E-state index in [0.717, 1.165) is 24.8 Å². The SMILES string of the molecule is CCN(C(=O)COC(=O)C1(c2cccc(Cl)c2)CCCCC1)C1CCS(=O)(=O)C1. The van der Waals surface area contributed by atoms with E-state index in [-0.39, 0.29) is 30.1 Å². The molecular weight excluding hydrogens is 414 g/mol. The number of likely N-dealkylation sites (N-methyl/N-ethyl adjacent to an activating group) is 1. The van der Waals surface area contributed by atoms with Gasteiger partial charge in [-0.1, -0.05) is 43.0 Å². The molecule has 0 aromatic heterocycles. The van der Waals surface area contributed by atoms with Gasteiger partial charge in [-0.3, -0.25) is 9.59 Å². The second-order valence-electron chi connectivity index (χ2n) is 7.97. The minimum absolute atomic E-state index is 0.0209. The zero-order valence-corrected chi connectivity index (χ0v) is 18.3.